The van der Waals surface area contributed by atoms with Crippen LogP contribution in [0, 0.1) is 0 Å². The Bertz CT molecular complexity index is 1760. The van der Waals surface area contributed by atoms with Gasteiger partial charge in [0.1, 0.15) is 0 Å². The number of sulfone groups is 1. The Hall–Kier alpha value is -2.07. The Morgan fingerprint density at radius 2 is 1.82 bits per heavy atom. The molecule has 1 aromatic heterocycles. The van der Waals surface area contributed by atoms with Crippen molar-refractivity contribution in [2.24, 2.45) is 0 Å². The van der Waals surface area contributed by atoms with Gasteiger partial charge in [0.05, 0.1) is 28.1 Å². The Labute approximate surface area is 240 Å². The number of aromatic amines is 1. The SMILES string of the molecule is CCS(=O)(=O)c1ccc(Cl)cc1Cn1c(=O)[nH]c2cc(CN3CCC(NS(=O)(=O)N(C)C)C3)c(Br)cc2c1=O. The lowest BCUT2D eigenvalue weighted by Crippen LogP contribution is -2.43. The van der Waals surface area contributed by atoms with Crippen LogP contribution in [-0.4, -0.2) is 74.6 Å². The molecule has 0 amide bonds. The Kier molecular flexibility index (Phi) is 8.76. The topological polar surface area (TPSA) is 142 Å². The van der Waals surface area contributed by atoms with Crippen molar-refractivity contribution >= 4 is 58.5 Å². The Morgan fingerprint density at radius 3 is 2.49 bits per heavy atom. The van der Waals surface area contributed by atoms with E-state index in [9.17, 15) is 26.4 Å². The van der Waals surface area contributed by atoms with Gasteiger partial charge in [-0.1, -0.05) is 34.5 Å². The second kappa shape index (κ2) is 11.4. The quantitative estimate of drug-likeness (QED) is 0.357. The molecule has 1 saturated heterocycles. The molecule has 1 unspecified atom stereocenters. The van der Waals surface area contributed by atoms with Gasteiger partial charge in [0, 0.05) is 49.3 Å². The number of hydrogen-bond donors (Lipinski definition) is 2. The maximum Gasteiger partial charge on any atom is 0.329 e. The summed E-state index contributed by atoms with van der Waals surface area (Å²) >= 11 is 9.63. The summed E-state index contributed by atoms with van der Waals surface area (Å²) < 4.78 is 54.9. The van der Waals surface area contributed by atoms with E-state index in [0.29, 0.717) is 36.0 Å². The maximum atomic E-state index is 13.4. The predicted molar refractivity (Wildman–Crippen MR) is 154 cm³/mol. The highest BCUT2D eigenvalue weighted by atomic mass is 79.9. The van der Waals surface area contributed by atoms with Gasteiger partial charge < -0.3 is 4.98 Å². The van der Waals surface area contributed by atoms with Crippen LogP contribution in [0.1, 0.15) is 24.5 Å². The average molecular weight is 663 g/mol. The number of rotatable bonds is 9. The standard InChI is InChI=1S/C24H29BrClN5O6S2/c1-4-38(34,35)22-6-5-17(26)9-16(22)13-31-23(32)19-11-20(25)15(10-21(19)27-24(31)33)12-30-8-7-18(14-30)28-39(36,37)29(2)3/h5-6,9-11,18,28H,4,7-8,12-14H2,1-3H3,(H,27,33). The van der Waals surface area contributed by atoms with Crippen molar-refractivity contribution in [1.82, 2.24) is 23.5 Å². The lowest BCUT2D eigenvalue weighted by Gasteiger charge is -2.19. The molecule has 0 radical (unpaired) electrons. The van der Waals surface area contributed by atoms with Crippen LogP contribution in [0.15, 0.2) is 49.3 Å². The van der Waals surface area contributed by atoms with Crippen LogP contribution in [0.5, 0.6) is 0 Å². The lowest BCUT2D eigenvalue weighted by molar-refractivity contribution is 0.323. The molecule has 0 saturated carbocycles. The van der Waals surface area contributed by atoms with Crippen LogP contribution >= 0.6 is 27.5 Å². The van der Waals surface area contributed by atoms with Crippen molar-refractivity contribution in [3.05, 3.63) is 71.8 Å². The summed E-state index contributed by atoms with van der Waals surface area (Å²) in [4.78, 5) is 31.2. The van der Waals surface area contributed by atoms with Gasteiger partial charge in [-0.05, 0) is 47.9 Å². The second-order valence-electron chi connectivity index (χ2n) is 9.59. The molecule has 0 aliphatic carbocycles. The number of halogens is 2. The number of fused-ring (bicyclic) bond motifs is 1. The molecular weight excluding hydrogens is 634 g/mol. The van der Waals surface area contributed by atoms with Gasteiger partial charge in [-0.25, -0.2) is 13.2 Å². The van der Waals surface area contributed by atoms with Gasteiger partial charge in [0.25, 0.3) is 15.8 Å². The molecule has 2 N–H and O–H groups in total. The average Bonchev–Trinajstić information content (AvgIpc) is 3.28. The van der Waals surface area contributed by atoms with E-state index in [2.05, 4.69) is 30.5 Å². The first-order valence-corrected chi connectivity index (χ1v) is 16.4. The molecule has 1 aliphatic rings. The van der Waals surface area contributed by atoms with Gasteiger partial charge in [-0.2, -0.15) is 17.4 Å². The van der Waals surface area contributed by atoms with Crippen molar-refractivity contribution < 1.29 is 16.8 Å². The summed E-state index contributed by atoms with van der Waals surface area (Å²) in [7, 11) is -4.21. The second-order valence-corrected chi connectivity index (χ2v) is 15.0. The van der Waals surface area contributed by atoms with Crippen LogP contribution in [-0.2, 0) is 33.1 Å². The van der Waals surface area contributed by atoms with E-state index in [1.807, 2.05) is 0 Å². The van der Waals surface area contributed by atoms with Crippen molar-refractivity contribution in [1.29, 1.82) is 0 Å². The summed E-state index contributed by atoms with van der Waals surface area (Å²) in [5.41, 5.74) is 0.161. The first-order chi connectivity index (χ1) is 18.2. The summed E-state index contributed by atoms with van der Waals surface area (Å²) in [5, 5.41) is 0.543. The van der Waals surface area contributed by atoms with Crippen LogP contribution in [0.2, 0.25) is 5.02 Å². The first kappa shape index (κ1) is 29.9. The third-order valence-corrected chi connectivity index (χ3v) is 11.1. The molecule has 0 spiro atoms. The zero-order valence-electron chi connectivity index (χ0n) is 21.6. The van der Waals surface area contributed by atoms with Crippen LogP contribution < -0.4 is 16.0 Å². The molecule has 1 fully saturated rings. The minimum Gasteiger partial charge on any atom is -0.307 e. The van der Waals surface area contributed by atoms with E-state index in [1.165, 1.54) is 39.2 Å². The molecule has 1 atom stereocenters. The van der Waals surface area contributed by atoms with E-state index < -0.39 is 31.3 Å². The Morgan fingerprint density at radius 1 is 1.10 bits per heavy atom. The lowest BCUT2D eigenvalue weighted by atomic mass is 10.1. The zero-order chi connectivity index (χ0) is 28.7. The van der Waals surface area contributed by atoms with E-state index in [1.54, 1.807) is 12.1 Å². The van der Waals surface area contributed by atoms with Crippen LogP contribution in [0.25, 0.3) is 10.9 Å². The molecule has 4 rings (SSSR count). The fourth-order valence-corrected chi connectivity index (χ4v) is 7.11. The van der Waals surface area contributed by atoms with E-state index >= 15 is 0 Å². The molecule has 212 valence electrons. The summed E-state index contributed by atoms with van der Waals surface area (Å²) in [6.07, 6.45) is 0.652. The van der Waals surface area contributed by atoms with Crippen LogP contribution in [0.3, 0.4) is 0 Å². The van der Waals surface area contributed by atoms with Crippen molar-refractivity contribution in [3.8, 4) is 0 Å². The summed E-state index contributed by atoms with van der Waals surface area (Å²) in [6.45, 7) is 2.91. The molecule has 0 bridgehead atoms. The van der Waals surface area contributed by atoms with Gasteiger partial charge in [-0.3, -0.25) is 14.3 Å². The van der Waals surface area contributed by atoms with E-state index in [-0.39, 0.29) is 39.2 Å². The Balaban J connectivity index is 1.63. The molecule has 39 heavy (non-hydrogen) atoms. The van der Waals surface area contributed by atoms with Crippen molar-refractivity contribution in [3.63, 3.8) is 0 Å². The fourth-order valence-electron chi connectivity index (χ4n) is 4.51. The van der Waals surface area contributed by atoms with Crippen molar-refractivity contribution in [2.75, 3.05) is 32.9 Å². The van der Waals surface area contributed by atoms with Gasteiger partial charge >= 0.3 is 5.69 Å². The summed E-state index contributed by atoms with van der Waals surface area (Å²) in [6, 6.07) is 7.41. The number of likely N-dealkylation sites (tertiary alicyclic amines) is 1. The maximum absolute atomic E-state index is 13.4. The minimum absolute atomic E-state index is 0.0223. The van der Waals surface area contributed by atoms with Gasteiger partial charge in [-0.15, -0.1) is 0 Å². The highest BCUT2D eigenvalue weighted by Gasteiger charge is 2.28. The van der Waals surface area contributed by atoms with Gasteiger partial charge in [0.2, 0.25) is 0 Å². The molecule has 15 heteroatoms. The zero-order valence-corrected chi connectivity index (χ0v) is 25.5. The van der Waals surface area contributed by atoms with Crippen LogP contribution in [0.4, 0.5) is 0 Å². The number of nitrogens with zero attached hydrogens (tertiary/aromatic N) is 3. The number of nitrogens with one attached hydrogen (secondary N) is 2. The number of hydrogen-bond acceptors (Lipinski definition) is 7. The van der Waals surface area contributed by atoms with E-state index in [0.717, 1.165) is 14.4 Å². The number of benzene rings is 2. The van der Waals surface area contributed by atoms with Crippen molar-refractivity contribution in [2.45, 2.75) is 37.4 Å². The van der Waals surface area contributed by atoms with E-state index in [4.69, 9.17) is 11.6 Å². The molecule has 1 aliphatic heterocycles. The number of aromatic nitrogens is 2. The predicted octanol–water partition coefficient (Wildman–Crippen LogP) is 1.92. The summed E-state index contributed by atoms with van der Waals surface area (Å²) in [5.74, 6) is -0.139. The van der Waals surface area contributed by atoms with Gasteiger partial charge in [0.15, 0.2) is 9.84 Å². The minimum atomic E-state index is -3.61. The highest BCUT2D eigenvalue weighted by Crippen LogP contribution is 2.25. The molecule has 3 aromatic rings. The largest absolute Gasteiger partial charge is 0.329 e. The molecule has 11 nitrogen and oxygen atoms in total. The normalized spacial score (nSPS) is 16.9. The first-order valence-electron chi connectivity index (χ1n) is 12.1. The third-order valence-electron chi connectivity index (χ3n) is 6.68. The smallest absolute Gasteiger partial charge is 0.307 e. The number of H-pyrrole nitrogens is 1. The fraction of sp³-hybridized carbons (Fsp3) is 0.417. The molecular formula is C24H29BrClN5O6S2. The third kappa shape index (κ3) is 6.47. The molecule has 2 aromatic carbocycles. The monoisotopic (exact) mass is 661 g/mol. The highest BCUT2D eigenvalue weighted by molar-refractivity contribution is 9.10. The molecule has 2 heterocycles.